The number of nitrogens with one attached hydrogen (secondary N) is 1. The number of fused-ring (bicyclic) bond motifs is 1. The number of hydrogen-bond acceptors (Lipinski definition) is 6. The number of ether oxygens (including phenoxy) is 1. The quantitative estimate of drug-likeness (QED) is 0.671. The zero-order valence-electron chi connectivity index (χ0n) is 11.5. The van der Waals surface area contributed by atoms with E-state index in [2.05, 4.69) is 10.4 Å². The summed E-state index contributed by atoms with van der Waals surface area (Å²) in [6.45, 7) is 3.16. The Kier molecular flexibility index (Phi) is 4.00. The molecule has 0 bridgehead atoms. The Morgan fingerprint density at radius 1 is 1.67 bits per heavy atom. The minimum absolute atomic E-state index is 0.0880. The summed E-state index contributed by atoms with van der Waals surface area (Å²) in [5.74, 6) is -0.714. The van der Waals surface area contributed by atoms with Gasteiger partial charge in [-0.1, -0.05) is 11.6 Å². The molecule has 1 atom stereocenters. The van der Waals surface area contributed by atoms with Gasteiger partial charge in [0.25, 0.3) is 0 Å². The molecule has 7 nitrogen and oxygen atoms in total. The van der Waals surface area contributed by atoms with Crippen molar-refractivity contribution in [3.05, 3.63) is 23.5 Å². The van der Waals surface area contributed by atoms with Gasteiger partial charge in [-0.25, -0.2) is 9.48 Å². The molecule has 21 heavy (non-hydrogen) atoms. The van der Waals surface area contributed by atoms with E-state index in [0.717, 1.165) is 0 Å². The highest BCUT2D eigenvalue weighted by Gasteiger charge is 2.45. The first kappa shape index (κ1) is 15.1. The van der Waals surface area contributed by atoms with E-state index in [1.165, 1.54) is 24.0 Å². The number of aromatic nitrogens is 2. The molecule has 1 aliphatic rings. The largest absolute Gasteiger partial charge is 0.463 e. The van der Waals surface area contributed by atoms with Crippen LogP contribution in [0.2, 0.25) is 0 Å². The number of rotatable bonds is 3. The first-order chi connectivity index (χ1) is 9.93. The molecule has 1 unspecified atom stereocenters. The van der Waals surface area contributed by atoms with Crippen LogP contribution in [0.15, 0.2) is 18.0 Å². The number of esters is 1. The van der Waals surface area contributed by atoms with Crippen LogP contribution in [-0.2, 0) is 19.3 Å². The number of nitriles is 1. The summed E-state index contributed by atoms with van der Waals surface area (Å²) in [6.07, 6.45) is 2.64. The minimum Gasteiger partial charge on any atom is -0.463 e. The van der Waals surface area contributed by atoms with Crippen molar-refractivity contribution in [2.45, 2.75) is 25.3 Å². The number of hydrogen-bond donors (Lipinski definition) is 1. The molecule has 0 fully saturated rings. The normalized spacial score (nSPS) is 20.4. The summed E-state index contributed by atoms with van der Waals surface area (Å²) < 4.78 is 6.16. The first-order valence-electron chi connectivity index (χ1n) is 6.25. The third-order valence-corrected chi connectivity index (χ3v) is 3.52. The number of anilines is 1. The Labute approximate surface area is 126 Å². The van der Waals surface area contributed by atoms with E-state index in [0.29, 0.717) is 5.57 Å². The number of nitrogens with zero attached hydrogens (tertiary/aromatic N) is 3. The molecule has 0 aliphatic carbocycles. The zero-order chi connectivity index (χ0) is 15.6. The molecule has 0 aromatic carbocycles. The van der Waals surface area contributed by atoms with Crippen molar-refractivity contribution >= 4 is 29.2 Å². The summed E-state index contributed by atoms with van der Waals surface area (Å²) in [4.78, 5) is 22.2. The molecule has 0 radical (unpaired) electrons. The number of allylic oxidation sites excluding steroid dienone is 1. The predicted octanol–water partition coefficient (Wildman–Crippen LogP) is 1.50. The number of carbonyl (C=O) groups excluding carboxylic acids is 2. The number of halogens is 1. The second kappa shape index (κ2) is 5.58. The highest BCUT2D eigenvalue weighted by molar-refractivity contribution is 6.32. The third kappa shape index (κ3) is 2.50. The monoisotopic (exact) mass is 308 g/mol. The van der Waals surface area contributed by atoms with Crippen molar-refractivity contribution in [3.8, 4) is 6.07 Å². The Balaban J connectivity index is 2.59. The summed E-state index contributed by atoms with van der Waals surface area (Å²) in [7, 11) is 0. The average Bonchev–Trinajstić information content (AvgIpc) is 2.79. The molecule has 2 rings (SSSR count). The molecule has 0 spiro atoms. The van der Waals surface area contributed by atoms with E-state index in [1.54, 1.807) is 6.92 Å². The highest BCUT2D eigenvalue weighted by Crippen LogP contribution is 2.37. The van der Waals surface area contributed by atoms with E-state index >= 15 is 0 Å². The molecule has 110 valence electrons. The molecule has 1 aromatic heterocycles. The molecule has 0 saturated carbocycles. The van der Waals surface area contributed by atoms with E-state index < -0.39 is 11.0 Å². The fraction of sp³-hybridized carbons (Fsp3) is 0.385. The Hall–Kier alpha value is -2.33. The average molecular weight is 309 g/mol. The summed E-state index contributed by atoms with van der Waals surface area (Å²) in [6, 6.07) is 1.94. The molecule has 0 amide bonds. The van der Waals surface area contributed by atoms with Gasteiger partial charge in [0.15, 0.2) is 5.78 Å². The van der Waals surface area contributed by atoms with Crippen LogP contribution in [0.1, 0.15) is 25.8 Å². The van der Waals surface area contributed by atoms with Gasteiger partial charge in [0, 0.05) is 18.2 Å². The van der Waals surface area contributed by atoms with Gasteiger partial charge in [-0.05, 0) is 13.8 Å². The molecule has 2 heterocycles. The second-order valence-corrected chi connectivity index (χ2v) is 5.08. The molecule has 1 aromatic rings. The number of Topliss-reactive ketones (excluding diaryl/α,β-unsaturated/α-hetero) is 1. The van der Waals surface area contributed by atoms with Gasteiger partial charge in [-0.2, -0.15) is 10.4 Å². The summed E-state index contributed by atoms with van der Waals surface area (Å²) in [5.41, 5.74) is 0.526. The molecule has 1 aliphatic heterocycles. The molecular formula is C13H13ClN4O3. The second-order valence-electron chi connectivity index (χ2n) is 4.46. The van der Waals surface area contributed by atoms with Crippen LogP contribution in [0.4, 0.5) is 5.82 Å². The lowest BCUT2D eigenvalue weighted by Crippen LogP contribution is -2.39. The van der Waals surface area contributed by atoms with Crippen LogP contribution < -0.4 is 5.32 Å². The standard InChI is InChI=1S/C13H13ClN4O3/c1-3-21-12(20)13(14)4-9(8(2)19)6-16-11-10(5-15)7-17-18(11)13/h6-7,16H,3-4H2,1-2H3. The van der Waals surface area contributed by atoms with Gasteiger partial charge in [-0.15, -0.1) is 0 Å². The van der Waals surface area contributed by atoms with Gasteiger partial charge >= 0.3 is 5.97 Å². The number of ketones is 1. The van der Waals surface area contributed by atoms with Crippen LogP contribution in [0.3, 0.4) is 0 Å². The first-order valence-corrected chi connectivity index (χ1v) is 6.63. The Morgan fingerprint density at radius 2 is 2.38 bits per heavy atom. The Bertz CT molecular complexity index is 673. The van der Waals surface area contributed by atoms with Crippen molar-refractivity contribution in [1.82, 2.24) is 9.78 Å². The van der Waals surface area contributed by atoms with Crippen molar-refractivity contribution in [1.29, 1.82) is 5.26 Å². The zero-order valence-corrected chi connectivity index (χ0v) is 12.3. The van der Waals surface area contributed by atoms with Crippen molar-refractivity contribution < 1.29 is 14.3 Å². The SMILES string of the molecule is CCOC(=O)C1(Cl)CC(C(C)=O)=CNc2c(C#N)cnn21. The van der Waals surface area contributed by atoms with E-state index in [4.69, 9.17) is 21.6 Å². The van der Waals surface area contributed by atoms with E-state index in [-0.39, 0.29) is 30.2 Å². The van der Waals surface area contributed by atoms with Crippen molar-refractivity contribution in [2.24, 2.45) is 0 Å². The lowest BCUT2D eigenvalue weighted by atomic mass is 10.0. The maximum absolute atomic E-state index is 12.2. The molecular weight excluding hydrogens is 296 g/mol. The van der Waals surface area contributed by atoms with Gasteiger partial charge in [0.05, 0.1) is 12.8 Å². The van der Waals surface area contributed by atoms with Crippen LogP contribution in [0, 0.1) is 11.3 Å². The van der Waals surface area contributed by atoms with Crippen LogP contribution in [0.25, 0.3) is 0 Å². The van der Waals surface area contributed by atoms with Gasteiger partial charge in [0.2, 0.25) is 5.00 Å². The third-order valence-electron chi connectivity index (χ3n) is 3.07. The fourth-order valence-electron chi connectivity index (χ4n) is 2.00. The van der Waals surface area contributed by atoms with Gasteiger partial charge in [0.1, 0.15) is 17.5 Å². The van der Waals surface area contributed by atoms with E-state index in [9.17, 15) is 9.59 Å². The minimum atomic E-state index is -1.71. The van der Waals surface area contributed by atoms with Crippen molar-refractivity contribution in [2.75, 3.05) is 11.9 Å². The lowest BCUT2D eigenvalue weighted by Gasteiger charge is -2.25. The number of carbonyl (C=O) groups is 2. The number of alkyl halides is 1. The summed E-state index contributed by atoms with van der Waals surface area (Å²) in [5, 5.41) is 15.9. The highest BCUT2D eigenvalue weighted by atomic mass is 35.5. The maximum atomic E-state index is 12.2. The van der Waals surface area contributed by atoms with Crippen LogP contribution >= 0.6 is 11.6 Å². The topological polar surface area (TPSA) is 97.0 Å². The van der Waals surface area contributed by atoms with Gasteiger partial charge < -0.3 is 10.1 Å². The predicted molar refractivity (Wildman–Crippen MR) is 74.4 cm³/mol. The van der Waals surface area contributed by atoms with E-state index in [1.807, 2.05) is 6.07 Å². The summed E-state index contributed by atoms with van der Waals surface area (Å²) >= 11 is 6.43. The van der Waals surface area contributed by atoms with Crippen LogP contribution in [0.5, 0.6) is 0 Å². The maximum Gasteiger partial charge on any atom is 0.350 e. The molecule has 8 heteroatoms. The van der Waals surface area contributed by atoms with Crippen LogP contribution in [-0.4, -0.2) is 28.1 Å². The Morgan fingerprint density at radius 3 is 2.95 bits per heavy atom. The lowest BCUT2D eigenvalue weighted by molar-refractivity contribution is -0.149. The fourth-order valence-corrected chi connectivity index (χ4v) is 2.32. The van der Waals surface area contributed by atoms with Crippen molar-refractivity contribution in [3.63, 3.8) is 0 Å². The smallest absolute Gasteiger partial charge is 0.350 e. The molecule has 1 N–H and O–H groups in total. The molecule has 0 saturated heterocycles. The van der Waals surface area contributed by atoms with Gasteiger partial charge in [-0.3, -0.25) is 4.79 Å².